The molecule has 7 heteroatoms. The molecule has 3 aromatic carbocycles. The van der Waals surface area contributed by atoms with Crippen molar-refractivity contribution >= 4 is 33.7 Å². The smallest absolute Gasteiger partial charge is 0.255 e. The lowest BCUT2D eigenvalue weighted by Crippen LogP contribution is -2.11. The van der Waals surface area contributed by atoms with Crippen molar-refractivity contribution in [2.75, 3.05) is 5.32 Å². The van der Waals surface area contributed by atoms with Crippen LogP contribution in [-0.4, -0.2) is 25.9 Å². The summed E-state index contributed by atoms with van der Waals surface area (Å²) in [4.78, 5) is 17.1. The fourth-order valence-electron chi connectivity index (χ4n) is 3.24. The predicted octanol–water partition coefficient (Wildman–Crippen LogP) is 4.51. The molecule has 0 bridgehead atoms. The van der Waals surface area contributed by atoms with E-state index in [1.165, 1.54) is 0 Å². The molecule has 0 spiro atoms. The zero-order valence-corrected chi connectivity index (χ0v) is 15.7. The van der Waals surface area contributed by atoms with Crippen molar-refractivity contribution in [1.29, 1.82) is 0 Å². The van der Waals surface area contributed by atoms with Gasteiger partial charge in [-0.25, -0.2) is 9.67 Å². The number of para-hydroxylation sites is 2. The second kappa shape index (κ2) is 6.87. The minimum absolute atomic E-state index is 0.201. The second-order valence-corrected chi connectivity index (χ2v) is 6.63. The van der Waals surface area contributed by atoms with Crippen LogP contribution in [0.15, 0.2) is 71.1 Å². The number of anilines is 1. The molecule has 1 amide bonds. The molecule has 0 aliphatic rings. The molecule has 0 radical (unpaired) electrons. The van der Waals surface area contributed by atoms with E-state index in [-0.39, 0.29) is 5.91 Å². The third-order valence-electron chi connectivity index (χ3n) is 4.76. The van der Waals surface area contributed by atoms with E-state index in [0.717, 1.165) is 28.7 Å². The van der Waals surface area contributed by atoms with E-state index in [2.05, 4.69) is 20.6 Å². The average molecular weight is 383 g/mol. The summed E-state index contributed by atoms with van der Waals surface area (Å²) in [5.74, 6) is 0.348. The van der Waals surface area contributed by atoms with E-state index in [0.29, 0.717) is 22.7 Å². The van der Waals surface area contributed by atoms with Crippen LogP contribution in [-0.2, 0) is 6.54 Å². The number of rotatable bonds is 4. The number of fused-ring (bicyclic) bond motifs is 2. The summed E-state index contributed by atoms with van der Waals surface area (Å²) >= 11 is 0. The van der Waals surface area contributed by atoms with Gasteiger partial charge in [-0.2, -0.15) is 0 Å². The zero-order valence-electron chi connectivity index (χ0n) is 15.7. The minimum Gasteiger partial charge on any atom is -0.436 e. The zero-order chi connectivity index (χ0) is 19.8. The summed E-state index contributed by atoms with van der Waals surface area (Å²) < 4.78 is 7.58. The lowest BCUT2D eigenvalue weighted by Gasteiger charge is -2.06. The first kappa shape index (κ1) is 17.1. The van der Waals surface area contributed by atoms with Gasteiger partial charge in [0.2, 0.25) is 5.89 Å². The molecule has 0 saturated heterocycles. The van der Waals surface area contributed by atoms with Crippen molar-refractivity contribution in [1.82, 2.24) is 20.0 Å². The number of aromatic nitrogens is 4. The summed E-state index contributed by atoms with van der Waals surface area (Å²) in [5, 5.41) is 11.1. The standard InChI is InChI=1S/C22H17N5O2/c1-2-27-19-12-9-15(13-18(19)25-26-27)21(28)23-16-10-7-14(8-11-16)22-24-17-5-3-4-6-20(17)29-22/h3-13H,2H2,1H3,(H,23,28). The summed E-state index contributed by atoms with van der Waals surface area (Å²) in [6.45, 7) is 2.73. The minimum atomic E-state index is -0.201. The molecule has 0 saturated carbocycles. The van der Waals surface area contributed by atoms with Crippen LogP contribution in [0, 0.1) is 0 Å². The molecule has 0 atom stereocenters. The van der Waals surface area contributed by atoms with Gasteiger partial charge in [0.15, 0.2) is 5.58 Å². The molecule has 142 valence electrons. The number of carbonyl (C=O) groups excluding carboxylic acids is 1. The summed E-state index contributed by atoms with van der Waals surface area (Å²) in [6.07, 6.45) is 0. The van der Waals surface area contributed by atoms with Crippen molar-refractivity contribution in [3.63, 3.8) is 0 Å². The van der Waals surface area contributed by atoms with Crippen LogP contribution in [0.1, 0.15) is 17.3 Å². The maximum Gasteiger partial charge on any atom is 0.255 e. The fourth-order valence-corrected chi connectivity index (χ4v) is 3.24. The highest BCUT2D eigenvalue weighted by atomic mass is 16.3. The highest BCUT2D eigenvalue weighted by Gasteiger charge is 2.11. The highest BCUT2D eigenvalue weighted by molar-refractivity contribution is 6.06. The number of nitrogens with one attached hydrogen (secondary N) is 1. The Hall–Kier alpha value is -4.00. The number of nitrogens with zero attached hydrogens (tertiary/aromatic N) is 4. The van der Waals surface area contributed by atoms with Crippen LogP contribution < -0.4 is 5.32 Å². The Morgan fingerprint density at radius 3 is 2.66 bits per heavy atom. The normalized spacial score (nSPS) is 11.2. The van der Waals surface area contributed by atoms with Gasteiger partial charge in [0.1, 0.15) is 11.0 Å². The Bertz CT molecular complexity index is 1300. The summed E-state index contributed by atoms with van der Waals surface area (Å²) in [5.41, 5.74) is 5.23. The third-order valence-corrected chi connectivity index (χ3v) is 4.76. The molecule has 2 heterocycles. The number of aryl methyl sites for hydroxylation is 1. The van der Waals surface area contributed by atoms with Crippen LogP contribution in [0.5, 0.6) is 0 Å². The van der Waals surface area contributed by atoms with Crippen molar-refractivity contribution in [3.05, 3.63) is 72.3 Å². The van der Waals surface area contributed by atoms with Gasteiger partial charge in [-0.3, -0.25) is 4.79 Å². The maximum atomic E-state index is 12.6. The van der Waals surface area contributed by atoms with E-state index in [1.54, 1.807) is 16.8 Å². The van der Waals surface area contributed by atoms with E-state index >= 15 is 0 Å². The molecule has 0 aliphatic heterocycles. The van der Waals surface area contributed by atoms with Crippen molar-refractivity contribution in [3.8, 4) is 11.5 Å². The molecular formula is C22H17N5O2. The van der Waals surface area contributed by atoms with Crippen LogP contribution in [0.25, 0.3) is 33.6 Å². The number of oxazole rings is 1. The molecule has 1 N–H and O–H groups in total. The topological polar surface area (TPSA) is 85.8 Å². The maximum absolute atomic E-state index is 12.6. The lowest BCUT2D eigenvalue weighted by molar-refractivity contribution is 0.102. The van der Waals surface area contributed by atoms with E-state index in [9.17, 15) is 4.79 Å². The highest BCUT2D eigenvalue weighted by Crippen LogP contribution is 2.25. The molecule has 29 heavy (non-hydrogen) atoms. The summed E-state index contributed by atoms with van der Waals surface area (Å²) in [7, 11) is 0. The Labute approximate surface area is 166 Å². The molecule has 5 aromatic rings. The molecular weight excluding hydrogens is 366 g/mol. The van der Waals surface area contributed by atoms with Gasteiger partial charge < -0.3 is 9.73 Å². The van der Waals surface area contributed by atoms with E-state index < -0.39 is 0 Å². The quantitative estimate of drug-likeness (QED) is 0.493. The first-order chi connectivity index (χ1) is 14.2. The Kier molecular flexibility index (Phi) is 4.05. The van der Waals surface area contributed by atoms with Crippen LogP contribution >= 0.6 is 0 Å². The van der Waals surface area contributed by atoms with E-state index in [1.807, 2.05) is 61.5 Å². The second-order valence-electron chi connectivity index (χ2n) is 6.63. The molecule has 0 aliphatic carbocycles. The fraction of sp³-hybridized carbons (Fsp3) is 0.0909. The van der Waals surface area contributed by atoms with Gasteiger partial charge in [-0.05, 0) is 61.5 Å². The number of hydrogen-bond donors (Lipinski definition) is 1. The average Bonchev–Trinajstić information content (AvgIpc) is 3.37. The SMILES string of the molecule is CCn1nnc2cc(C(=O)Nc3ccc(-c4nc5ccccc5o4)cc3)ccc21. The Morgan fingerprint density at radius 2 is 1.86 bits per heavy atom. The number of benzene rings is 3. The molecule has 7 nitrogen and oxygen atoms in total. The van der Waals surface area contributed by atoms with Crippen LogP contribution in [0.2, 0.25) is 0 Å². The van der Waals surface area contributed by atoms with Crippen molar-refractivity contribution < 1.29 is 9.21 Å². The van der Waals surface area contributed by atoms with Crippen molar-refractivity contribution in [2.24, 2.45) is 0 Å². The first-order valence-electron chi connectivity index (χ1n) is 9.32. The van der Waals surface area contributed by atoms with E-state index in [4.69, 9.17) is 4.42 Å². The molecule has 2 aromatic heterocycles. The molecule has 0 unspecified atom stereocenters. The van der Waals surface area contributed by atoms with Gasteiger partial charge >= 0.3 is 0 Å². The third kappa shape index (κ3) is 3.12. The number of amides is 1. The Morgan fingerprint density at radius 1 is 1.03 bits per heavy atom. The number of carbonyl (C=O) groups is 1. The lowest BCUT2D eigenvalue weighted by atomic mass is 10.1. The monoisotopic (exact) mass is 383 g/mol. The predicted molar refractivity (Wildman–Crippen MR) is 111 cm³/mol. The molecule has 0 fully saturated rings. The van der Waals surface area contributed by atoms with Crippen LogP contribution in [0.4, 0.5) is 5.69 Å². The largest absolute Gasteiger partial charge is 0.436 e. The van der Waals surface area contributed by atoms with Gasteiger partial charge in [0, 0.05) is 23.4 Å². The van der Waals surface area contributed by atoms with Gasteiger partial charge in [0.25, 0.3) is 5.91 Å². The Balaban J connectivity index is 1.35. The summed E-state index contributed by atoms with van der Waals surface area (Å²) in [6, 6.07) is 20.4. The molecule has 5 rings (SSSR count). The van der Waals surface area contributed by atoms with Gasteiger partial charge in [-0.1, -0.05) is 17.3 Å². The van der Waals surface area contributed by atoms with Crippen molar-refractivity contribution in [2.45, 2.75) is 13.5 Å². The van der Waals surface area contributed by atoms with Crippen LogP contribution in [0.3, 0.4) is 0 Å². The number of hydrogen-bond acceptors (Lipinski definition) is 5. The first-order valence-corrected chi connectivity index (χ1v) is 9.32. The van der Waals surface area contributed by atoms with Gasteiger partial charge in [0.05, 0.1) is 5.52 Å². The van der Waals surface area contributed by atoms with Gasteiger partial charge in [-0.15, -0.1) is 5.10 Å².